The number of para-hydroxylation sites is 2. The molecule has 0 radical (unpaired) electrons. The monoisotopic (exact) mass is 391 g/mol. The van der Waals surface area contributed by atoms with Crippen molar-refractivity contribution >= 4 is 30.7 Å². The molecule has 27 heavy (non-hydrogen) atoms. The van der Waals surface area contributed by atoms with Gasteiger partial charge in [0.05, 0.1) is 12.2 Å². The fourth-order valence-corrected chi connectivity index (χ4v) is 4.65. The largest absolute Gasteiger partial charge is 0.481 e. The summed E-state index contributed by atoms with van der Waals surface area (Å²) in [6, 6.07) is 18.1. The number of hydrogen-bond acceptors (Lipinski definition) is 4. The van der Waals surface area contributed by atoms with Crippen molar-refractivity contribution in [1.29, 1.82) is 0 Å². The zero-order valence-corrected chi connectivity index (χ0v) is 15.5. The highest BCUT2D eigenvalue weighted by atomic mass is 31.2. The van der Waals surface area contributed by atoms with Gasteiger partial charge in [0.15, 0.2) is 0 Å². The summed E-state index contributed by atoms with van der Waals surface area (Å²) in [7, 11) is -3.90. The predicted octanol–water partition coefficient (Wildman–Crippen LogP) is 3.62. The summed E-state index contributed by atoms with van der Waals surface area (Å²) in [6.45, 7) is 0. The Bertz CT molecular complexity index is 772. The van der Waals surface area contributed by atoms with Crippen LogP contribution in [0.2, 0.25) is 0 Å². The molecule has 2 aromatic carbocycles. The molecule has 0 saturated heterocycles. The van der Waals surface area contributed by atoms with Gasteiger partial charge < -0.3 is 20.0 Å². The van der Waals surface area contributed by atoms with Gasteiger partial charge in [0.2, 0.25) is 7.37 Å². The Morgan fingerprint density at radius 2 is 1.41 bits per heavy atom. The van der Waals surface area contributed by atoms with E-state index in [1.54, 1.807) is 53.4 Å². The second kappa shape index (κ2) is 9.35. The lowest BCUT2D eigenvalue weighted by molar-refractivity contribution is -0.142. The fraction of sp³-hybridized carbons (Fsp3) is 0.263. The maximum Gasteiger partial charge on any atom is 0.307 e. The number of carboxylic acid groups (broad SMARTS) is 2. The Balaban J connectivity index is 2.23. The number of hydrogen-bond donors (Lipinski definition) is 3. The molecule has 2 atom stereocenters. The molecule has 2 aromatic rings. The minimum atomic E-state index is -3.90. The molecule has 0 aromatic heterocycles. The molecule has 0 heterocycles. The van der Waals surface area contributed by atoms with E-state index in [9.17, 15) is 24.2 Å². The standard InChI is InChI=1S/C19H22NO6P/c21-18(22)12-11-15(19(23)24)13-27(25,26)14-20(16-7-3-1-4-8-16)17-9-5-2-6-10-17/h1-10,15H,11-14H2,(H,21,22)(H,23,24)(H,25,26). The minimum absolute atomic E-state index is 0.189. The third-order valence-electron chi connectivity index (χ3n) is 4.06. The molecule has 2 rings (SSSR count). The van der Waals surface area contributed by atoms with Gasteiger partial charge in [-0.3, -0.25) is 14.2 Å². The Kier molecular flexibility index (Phi) is 7.16. The Morgan fingerprint density at radius 1 is 0.926 bits per heavy atom. The molecule has 0 bridgehead atoms. The summed E-state index contributed by atoms with van der Waals surface area (Å²) in [4.78, 5) is 34.2. The first-order valence-electron chi connectivity index (χ1n) is 8.41. The van der Waals surface area contributed by atoms with Gasteiger partial charge in [-0.1, -0.05) is 36.4 Å². The van der Waals surface area contributed by atoms with Crippen LogP contribution >= 0.6 is 7.37 Å². The molecule has 0 aliphatic rings. The number of carbonyl (C=O) groups is 2. The SMILES string of the molecule is O=C(O)CCC(CP(=O)(O)CN(c1ccccc1)c1ccccc1)C(=O)O. The molecule has 0 amide bonds. The molecule has 0 spiro atoms. The van der Waals surface area contributed by atoms with Crippen molar-refractivity contribution < 1.29 is 29.3 Å². The van der Waals surface area contributed by atoms with Crippen LogP contribution in [-0.2, 0) is 14.2 Å². The van der Waals surface area contributed by atoms with Gasteiger partial charge in [0, 0.05) is 24.0 Å². The zero-order valence-electron chi connectivity index (χ0n) is 14.6. The molecule has 0 fully saturated rings. The smallest absolute Gasteiger partial charge is 0.307 e. The second-order valence-corrected chi connectivity index (χ2v) is 8.58. The highest BCUT2D eigenvalue weighted by molar-refractivity contribution is 7.58. The maximum atomic E-state index is 12.8. The summed E-state index contributed by atoms with van der Waals surface area (Å²) in [5.41, 5.74) is 1.41. The van der Waals surface area contributed by atoms with Crippen LogP contribution in [0.25, 0.3) is 0 Å². The van der Waals surface area contributed by atoms with E-state index in [1.165, 1.54) is 0 Å². The second-order valence-electron chi connectivity index (χ2n) is 6.24. The van der Waals surface area contributed by atoms with Gasteiger partial charge in [0.25, 0.3) is 0 Å². The van der Waals surface area contributed by atoms with E-state index >= 15 is 0 Å². The highest BCUT2D eigenvalue weighted by Gasteiger charge is 2.31. The Hall–Kier alpha value is -2.63. The van der Waals surface area contributed by atoms with Crippen molar-refractivity contribution in [3.8, 4) is 0 Å². The topological polar surface area (TPSA) is 115 Å². The summed E-state index contributed by atoms with van der Waals surface area (Å²) < 4.78 is 12.8. The van der Waals surface area contributed by atoms with Gasteiger partial charge >= 0.3 is 11.9 Å². The zero-order chi connectivity index (χ0) is 19.9. The van der Waals surface area contributed by atoms with Crippen LogP contribution < -0.4 is 4.90 Å². The highest BCUT2D eigenvalue weighted by Crippen LogP contribution is 2.46. The van der Waals surface area contributed by atoms with Crippen molar-refractivity contribution in [1.82, 2.24) is 0 Å². The first kappa shape index (κ1) is 20.7. The van der Waals surface area contributed by atoms with Gasteiger partial charge in [-0.2, -0.15) is 0 Å². The van der Waals surface area contributed by atoms with Crippen molar-refractivity contribution in [3.05, 3.63) is 60.7 Å². The molecule has 3 N–H and O–H groups in total. The van der Waals surface area contributed by atoms with Gasteiger partial charge in [0.1, 0.15) is 0 Å². The van der Waals surface area contributed by atoms with Crippen LogP contribution in [0.1, 0.15) is 12.8 Å². The van der Waals surface area contributed by atoms with Crippen molar-refractivity contribution in [2.24, 2.45) is 5.92 Å². The molecular formula is C19H22NO6P. The molecule has 0 saturated carbocycles. The normalized spacial score (nSPS) is 14.1. The van der Waals surface area contributed by atoms with E-state index in [0.29, 0.717) is 11.4 Å². The Morgan fingerprint density at radius 3 is 1.81 bits per heavy atom. The fourth-order valence-electron chi connectivity index (χ4n) is 2.74. The van der Waals surface area contributed by atoms with Crippen LogP contribution in [0, 0.1) is 5.92 Å². The van der Waals surface area contributed by atoms with Crippen molar-refractivity contribution in [3.63, 3.8) is 0 Å². The van der Waals surface area contributed by atoms with E-state index in [0.717, 1.165) is 0 Å². The third kappa shape index (κ3) is 6.55. The van der Waals surface area contributed by atoms with Gasteiger partial charge in [-0.15, -0.1) is 0 Å². The van der Waals surface area contributed by atoms with Crippen LogP contribution in [0.15, 0.2) is 60.7 Å². The quantitative estimate of drug-likeness (QED) is 0.530. The third-order valence-corrected chi connectivity index (χ3v) is 5.80. The lowest BCUT2D eigenvalue weighted by Crippen LogP contribution is -2.24. The molecule has 8 heteroatoms. The van der Waals surface area contributed by atoms with Crippen LogP contribution in [0.3, 0.4) is 0 Å². The average molecular weight is 391 g/mol. The molecular weight excluding hydrogens is 369 g/mol. The number of nitrogens with zero attached hydrogens (tertiary/aromatic N) is 1. The number of benzene rings is 2. The first-order valence-corrected chi connectivity index (χ1v) is 10.4. The van der Waals surface area contributed by atoms with E-state index in [2.05, 4.69) is 0 Å². The maximum absolute atomic E-state index is 12.8. The van der Waals surface area contributed by atoms with E-state index in [-0.39, 0.29) is 19.1 Å². The summed E-state index contributed by atoms with van der Waals surface area (Å²) >= 11 is 0. The minimum Gasteiger partial charge on any atom is -0.481 e. The molecule has 0 aliphatic heterocycles. The van der Waals surface area contributed by atoms with Gasteiger partial charge in [-0.25, -0.2) is 0 Å². The molecule has 144 valence electrons. The lowest BCUT2D eigenvalue weighted by atomic mass is 10.1. The number of aliphatic carboxylic acids is 2. The predicted molar refractivity (Wildman–Crippen MR) is 103 cm³/mol. The number of anilines is 2. The van der Waals surface area contributed by atoms with E-state index < -0.39 is 31.4 Å². The molecule has 0 aliphatic carbocycles. The average Bonchev–Trinajstić information content (AvgIpc) is 2.64. The Labute approximate surface area is 157 Å². The number of carboxylic acids is 2. The molecule has 7 nitrogen and oxygen atoms in total. The summed E-state index contributed by atoms with van der Waals surface area (Å²) in [6.07, 6.45) is -1.30. The first-order chi connectivity index (χ1) is 12.8. The van der Waals surface area contributed by atoms with Crippen molar-refractivity contribution in [2.45, 2.75) is 12.8 Å². The van der Waals surface area contributed by atoms with E-state index in [1.807, 2.05) is 12.1 Å². The van der Waals surface area contributed by atoms with Crippen molar-refractivity contribution in [2.75, 3.05) is 17.3 Å². The molecule has 2 unspecified atom stereocenters. The van der Waals surface area contributed by atoms with Crippen LogP contribution in [0.5, 0.6) is 0 Å². The summed E-state index contributed by atoms with van der Waals surface area (Å²) in [5.74, 6) is -3.59. The summed E-state index contributed by atoms with van der Waals surface area (Å²) in [5, 5.41) is 18.0. The van der Waals surface area contributed by atoms with Gasteiger partial charge in [-0.05, 0) is 30.7 Å². The van der Waals surface area contributed by atoms with E-state index in [4.69, 9.17) is 5.11 Å². The van der Waals surface area contributed by atoms with Crippen LogP contribution in [0.4, 0.5) is 11.4 Å². The van der Waals surface area contributed by atoms with Crippen LogP contribution in [-0.4, -0.2) is 39.5 Å². The lowest BCUT2D eigenvalue weighted by Gasteiger charge is -2.28. The number of rotatable bonds is 10.